The van der Waals surface area contributed by atoms with Crippen LogP contribution in [0.5, 0.6) is 0 Å². The zero-order valence-electron chi connectivity index (χ0n) is 12.0. The summed E-state index contributed by atoms with van der Waals surface area (Å²) in [6, 6.07) is 5.17. The largest absolute Gasteiger partial charge is 0.465 e. The lowest BCUT2D eigenvalue weighted by Crippen LogP contribution is -2.26. The van der Waals surface area contributed by atoms with Crippen molar-refractivity contribution in [1.82, 2.24) is 5.32 Å². The number of hydrogen-bond donors (Lipinski definition) is 1. The Kier molecular flexibility index (Phi) is 5.43. The lowest BCUT2D eigenvalue weighted by atomic mass is 10.2. The average Bonchev–Trinajstić information content (AvgIpc) is 3.12. The first kappa shape index (κ1) is 17.5. The fourth-order valence-corrected chi connectivity index (χ4v) is 2.33. The van der Waals surface area contributed by atoms with Gasteiger partial charge in [-0.05, 0) is 18.6 Å². The number of esters is 1. The third kappa shape index (κ3) is 5.07. The van der Waals surface area contributed by atoms with Crippen molar-refractivity contribution in [2.45, 2.75) is 17.2 Å². The molecule has 9 heteroatoms. The van der Waals surface area contributed by atoms with Gasteiger partial charge in [0.25, 0.3) is 11.6 Å². The van der Waals surface area contributed by atoms with Gasteiger partial charge in [-0.3, -0.25) is 19.7 Å². The van der Waals surface area contributed by atoms with Crippen LogP contribution in [0.15, 0.2) is 24.3 Å². The Balaban J connectivity index is 1.68. The minimum atomic E-state index is -0.787. The lowest BCUT2D eigenvalue weighted by molar-refractivity contribution is -0.384. The molecule has 0 radical (unpaired) electrons. The van der Waals surface area contributed by atoms with Crippen molar-refractivity contribution in [1.29, 1.82) is 0 Å². The van der Waals surface area contributed by atoms with Crippen LogP contribution >= 0.6 is 23.2 Å². The van der Waals surface area contributed by atoms with Crippen molar-refractivity contribution in [3.8, 4) is 0 Å². The van der Waals surface area contributed by atoms with E-state index in [4.69, 9.17) is 27.9 Å². The molecule has 0 spiro atoms. The smallest absolute Gasteiger partial charge is 0.307 e. The van der Waals surface area contributed by atoms with Gasteiger partial charge in [-0.15, -0.1) is 23.2 Å². The van der Waals surface area contributed by atoms with E-state index < -0.39 is 21.1 Å². The third-order valence-electron chi connectivity index (χ3n) is 3.36. The van der Waals surface area contributed by atoms with Crippen molar-refractivity contribution in [2.75, 3.05) is 13.2 Å². The van der Waals surface area contributed by atoms with Gasteiger partial charge in [0.2, 0.25) is 0 Å². The number of nitrogens with one attached hydrogen (secondary N) is 1. The van der Waals surface area contributed by atoms with E-state index in [0.29, 0.717) is 6.42 Å². The third-order valence-corrected chi connectivity index (χ3v) is 4.28. The summed E-state index contributed by atoms with van der Waals surface area (Å²) in [5, 5.41) is 13.1. The van der Waals surface area contributed by atoms with Gasteiger partial charge in [0.15, 0.2) is 0 Å². The predicted molar refractivity (Wildman–Crippen MR) is 83.5 cm³/mol. The second-order valence-corrected chi connectivity index (χ2v) is 6.70. The Morgan fingerprint density at radius 1 is 1.35 bits per heavy atom. The maximum atomic E-state index is 11.8. The first-order valence-electron chi connectivity index (χ1n) is 6.85. The Hall–Kier alpha value is -1.86. The monoisotopic (exact) mass is 360 g/mol. The number of nitro groups is 1. The number of non-ortho nitro benzene ring substituents is 1. The highest BCUT2D eigenvalue weighted by Gasteiger charge is 2.52. The Bertz CT molecular complexity index is 618. The van der Waals surface area contributed by atoms with Gasteiger partial charge in [0.1, 0.15) is 4.33 Å². The van der Waals surface area contributed by atoms with E-state index in [9.17, 15) is 19.7 Å². The Morgan fingerprint density at radius 2 is 1.96 bits per heavy atom. The van der Waals surface area contributed by atoms with E-state index in [0.717, 1.165) is 0 Å². The molecule has 1 N–H and O–H groups in total. The number of nitrogens with zero attached hydrogens (tertiary/aromatic N) is 1. The van der Waals surface area contributed by atoms with Gasteiger partial charge in [-0.2, -0.15) is 0 Å². The summed E-state index contributed by atoms with van der Waals surface area (Å²) in [5.74, 6) is -0.912. The molecule has 1 amide bonds. The molecule has 0 unspecified atom stereocenters. The van der Waals surface area contributed by atoms with Crippen LogP contribution in [0.3, 0.4) is 0 Å². The second kappa shape index (κ2) is 7.14. The molecule has 0 aromatic heterocycles. The number of amides is 1. The summed E-state index contributed by atoms with van der Waals surface area (Å²) < 4.78 is 4.21. The molecule has 1 fully saturated rings. The highest BCUT2D eigenvalue weighted by Crippen LogP contribution is 2.53. The minimum absolute atomic E-state index is 0.0169. The predicted octanol–water partition coefficient (Wildman–Crippen LogP) is 2.45. The summed E-state index contributed by atoms with van der Waals surface area (Å²) in [5.41, 5.74) is 0.177. The zero-order chi connectivity index (χ0) is 17.0. The molecule has 1 aromatic carbocycles. The molecule has 0 bridgehead atoms. The average molecular weight is 361 g/mol. The first-order chi connectivity index (χ1) is 10.8. The van der Waals surface area contributed by atoms with Crippen LogP contribution in [0, 0.1) is 16.0 Å². The highest BCUT2D eigenvalue weighted by molar-refractivity contribution is 6.50. The Morgan fingerprint density at radius 3 is 2.48 bits per heavy atom. The van der Waals surface area contributed by atoms with Crippen molar-refractivity contribution in [3.63, 3.8) is 0 Å². The van der Waals surface area contributed by atoms with Crippen LogP contribution in [0.4, 0.5) is 5.69 Å². The van der Waals surface area contributed by atoms with Gasteiger partial charge < -0.3 is 10.1 Å². The van der Waals surface area contributed by atoms with E-state index in [1.165, 1.54) is 24.3 Å². The van der Waals surface area contributed by atoms with Crippen LogP contribution in [0.1, 0.15) is 23.2 Å². The molecule has 2 rings (SSSR count). The molecule has 23 heavy (non-hydrogen) atoms. The Labute approximate surface area is 142 Å². The van der Waals surface area contributed by atoms with Gasteiger partial charge in [0.05, 0.1) is 18.0 Å². The van der Waals surface area contributed by atoms with Crippen LogP contribution < -0.4 is 5.32 Å². The molecule has 0 heterocycles. The standard InChI is InChI=1S/C14H14Cl2N2O5/c15-14(16)7-10(14)8-23-12(19)5-6-17-13(20)9-1-3-11(4-2-9)18(21)22/h1-4,10H,5-8H2,(H,17,20)/t10-/m0/s1. The number of carbonyl (C=O) groups is 2. The maximum absolute atomic E-state index is 11.8. The van der Waals surface area contributed by atoms with Crippen LogP contribution in [0.2, 0.25) is 0 Å². The molecule has 0 aliphatic heterocycles. The fourth-order valence-electron chi connectivity index (χ4n) is 1.83. The van der Waals surface area contributed by atoms with Crippen LogP contribution in [-0.4, -0.2) is 34.3 Å². The van der Waals surface area contributed by atoms with Crippen molar-refractivity contribution in [2.24, 2.45) is 5.92 Å². The van der Waals surface area contributed by atoms with E-state index in [1.54, 1.807) is 0 Å². The molecule has 1 aliphatic rings. The molecule has 1 aromatic rings. The summed E-state index contributed by atoms with van der Waals surface area (Å²) in [7, 11) is 0. The number of alkyl halides is 2. The SMILES string of the molecule is O=C(CCNC(=O)c1ccc([N+](=O)[O-])cc1)OC[C@@H]1CC1(Cl)Cl. The van der Waals surface area contributed by atoms with Crippen molar-refractivity contribution < 1.29 is 19.2 Å². The minimum Gasteiger partial charge on any atom is -0.465 e. The van der Waals surface area contributed by atoms with E-state index in [1.807, 2.05) is 0 Å². The molecular weight excluding hydrogens is 347 g/mol. The van der Waals surface area contributed by atoms with Gasteiger partial charge in [-0.25, -0.2) is 0 Å². The molecular formula is C14H14Cl2N2O5. The number of nitro benzene ring substituents is 1. The summed E-state index contributed by atoms with van der Waals surface area (Å²) in [6.07, 6.45) is 0.614. The number of hydrogen-bond acceptors (Lipinski definition) is 5. The van der Waals surface area contributed by atoms with Gasteiger partial charge in [-0.1, -0.05) is 0 Å². The van der Waals surface area contributed by atoms with Gasteiger partial charge in [0, 0.05) is 30.2 Å². The summed E-state index contributed by atoms with van der Waals surface area (Å²) in [4.78, 5) is 33.3. The number of carbonyl (C=O) groups excluding carboxylic acids is 2. The second-order valence-electron chi connectivity index (χ2n) is 5.15. The normalized spacial score (nSPS) is 18.1. The number of ether oxygens (including phenoxy) is 1. The molecule has 0 saturated heterocycles. The molecule has 1 atom stereocenters. The zero-order valence-corrected chi connectivity index (χ0v) is 13.5. The first-order valence-corrected chi connectivity index (χ1v) is 7.61. The summed E-state index contributed by atoms with van der Waals surface area (Å²) in [6.45, 7) is 0.272. The lowest BCUT2D eigenvalue weighted by Gasteiger charge is -2.06. The number of halogens is 2. The maximum Gasteiger partial charge on any atom is 0.307 e. The molecule has 1 aliphatic carbocycles. The molecule has 7 nitrogen and oxygen atoms in total. The van der Waals surface area contributed by atoms with Crippen LogP contribution in [-0.2, 0) is 9.53 Å². The highest BCUT2D eigenvalue weighted by atomic mass is 35.5. The number of rotatable bonds is 7. The molecule has 124 valence electrons. The van der Waals surface area contributed by atoms with Crippen molar-refractivity contribution >= 4 is 40.8 Å². The fraction of sp³-hybridized carbons (Fsp3) is 0.429. The molecule has 1 saturated carbocycles. The van der Waals surface area contributed by atoms with Crippen LogP contribution in [0.25, 0.3) is 0 Å². The van der Waals surface area contributed by atoms with E-state index >= 15 is 0 Å². The number of benzene rings is 1. The van der Waals surface area contributed by atoms with E-state index in [2.05, 4.69) is 5.32 Å². The van der Waals surface area contributed by atoms with E-state index in [-0.39, 0.29) is 36.7 Å². The van der Waals surface area contributed by atoms with Crippen molar-refractivity contribution in [3.05, 3.63) is 39.9 Å². The topological polar surface area (TPSA) is 98.5 Å². The summed E-state index contributed by atoms with van der Waals surface area (Å²) >= 11 is 11.6. The quantitative estimate of drug-likeness (QED) is 0.348. The van der Waals surface area contributed by atoms with Gasteiger partial charge >= 0.3 is 5.97 Å².